The Morgan fingerprint density at radius 1 is 1.40 bits per heavy atom. The van der Waals surface area contributed by atoms with E-state index >= 15 is 0 Å². The number of amides is 1. The zero-order chi connectivity index (χ0) is 14.9. The van der Waals surface area contributed by atoms with E-state index in [1.165, 1.54) is 6.07 Å². The molecule has 0 aromatic heterocycles. The van der Waals surface area contributed by atoms with Crippen molar-refractivity contribution < 1.29 is 22.7 Å². The fourth-order valence-electron chi connectivity index (χ4n) is 2.01. The number of anilines is 1. The van der Waals surface area contributed by atoms with E-state index in [0.29, 0.717) is 10.9 Å². The van der Waals surface area contributed by atoms with Crippen LogP contribution >= 0.6 is 15.9 Å². The largest absolute Gasteiger partial charge is 0.416 e. The third kappa shape index (κ3) is 3.52. The molecule has 2 atom stereocenters. The van der Waals surface area contributed by atoms with Crippen LogP contribution in [0.5, 0.6) is 0 Å². The molecule has 2 unspecified atom stereocenters. The lowest BCUT2D eigenvalue weighted by Crippen LogP contribution is -2.28. The SMILES string of the molecule is CC1CCC(C(=O)Nc2cc(C(F)(F)F)ccc2Br)O1. The van der Waals surface area contributed by atoms with E-state index in [1.54, 1.807) is 0 Å². The van der Waals surface area contributed by atoms with Crippen molar-refractivity contribution in [3.63, 3.8) is 0 Å². The highest BCUT2D eigenvalue weighted by Gasteiger charge is 2.32. The van der Waals surface area contributed by atoms with Crippen LogP contribution < -0.4 is 5.32 Å². The van der Waals surface area contributed by atoms with Crippen molar-refractivity contribution in [1.82, 2.24) is 0 Å². The first kappa shape index (κ1) is 15.3. The normalized spacial score (nSPS) is 22.9. The molecule has 1 fully saturated rings. The van der Waals surface area contributed by atoms with Crippen LogP contribution in [0.2, 0.25) is 0 Å². The molecular formula is C13H13BrF3NO2. The number of hydrogen-bond acceptors (Lipinski definition) is 2. The van der Waals surface area contributed by atoms with Crippen molar-refractivity contribution in [3.8, 4) is 0 Å². The summed E-state index contributed by atoms with van der Waals surface area (Å²) >= 11 is 3.12. The Bertz CT molecular complexity index is 519. The van der Waals surface area contributed by atoms with Gasteiger partial charge in [0, 0.05) is 4.47 Å². The third-order valence-electron chi connectivity index (χ3n) is 3.08. The molecule has 20 heavy (non-hydrogen) atoms. The quantitative estimate of drug-likeness (QED) is 0.875. The fourth-order valence-corrected chi connectivity index (χ4v) is 2.35. The van der Waals surface area contributed by atoms with Crippen LogP contribution in [0, 0.1) is 0 Å². The molecule has 110 valence electrons. The molecule has 1 saturated heterocycles. The van der Waals surface area contributed by atoms with Crippen molar-refractivity contribution in [2.45, 2.75) is 38.1 Å². The summed E-state index contributed by atoms with van der Waals surface area (Å²) in [6.07, 6.45) is -3.72. The molecule has 0 aliphatic carbocycles. The summed E-state index contributed by atoms with van der Waals surface area (Å²) in [7, 11) is 0. The van der Waals surface area contributed by atoms with Crippen LogP contribution in [0.15, 0.2) is 22.7 Å². The molecule has 1 amide bonds. The van der Waals surface area contributed by atoms with Crippen LogP contribution in [0.1, 0.15) is 25.3 Å². The first-order valence-corrected chi connectivity index (χ1v) is 6.90. The maximum Gasteiger partial charge on any atom is 0.416 e. The molecule has 3 nitrogen and oxygen atoms in total. The number of halogens is 4. The van der Waals surface area contributed by atoms with E-state index < -0.39 is 23.8 Å². The summed E-state index contributed by atoms with van der Waals surface area (Å²) in [5, 5.41) is 2.47. The van der Waals surface area contributed by atoms with Gasteiger partial charge < -0.3 is 10.1 Å². The van der Waals surface area contributed by atoms with E-state index in [2.05, 4.69) is 21.2 Å². The molecule has 0 saturated carbocycles. The number of hydrogen-bond donors (Lipinski definition) is 1. The summed E-state index contributed by atoms with van der Waals surface area (Å²) in [6.45, 7) is 1.85. The number of benzene rings is 1. The van der Waals surface area contributed by atoms with Crippen molar-refractivity contribution in [3.05, 3.63) is 28.2 Å². The predicted molar refractivity (Wildman–Crippen MR) is 71.3 cm³/mol. The first-order chi connectivity index (χ1) is 9.27. The summed E-state index contributed by atoms with van der Waals surface area (Å²) in [4.78, 5) is 11.9. The second-order valence-corrected chi connectivity index (χ2v) is 5.55. The highest BCUT2D eigenvalue weighted by molar-refractivity contribution is 9.10. The zero-order valence-electron chi connectivity index (χ0n) is 10.6. The summed E-state index contributed by atoms with van der Waals surface area (Å²) < 4.78 is 43.7. The maximum atomic E-state index is 12.6. The highest BCUT2D eigenvalue weighted by Crippen LogP contribution is 2.34. The van der Waals surface area contributed by atoms with Crippen molar-refractivity contribution in [2.24, 2.45) is 0 Å². The smallest absolute Gasteiger partial charge is 0.365 e. The Balaban J connectivity index is 2.14. The molecule has 1 aromatic carbocycles. The van der Waals surface area contributed by atoms with Gasteiger partial charge in [-0.05, 0) is 53.9 Å². The highest BCUT2D eigenvalue weighted by atomic mass is 79.9. The lowest BCUT2D eigenvalue weighted by atomic mass is 10.1. The van der Waals surface area contributed by atoms with Crippen LogP contribution in [0.4, 0.5) is 18.9 Å². The number of carbonyl (C=O) groups excluding carboxylic acids is 1. The van der Waals surface area contributed by atoms with Crippen LogP contribution in [-0.4, -0.2) is 18.1 Å². The standard InChI is InChI=1S/C13H13BrF3NO2/c1-7-2-5-11(20-7)12(19)18-10-6-8(13(15,16)17)3-4-9(10)14/h3-4,6-7,11H,2,5H2,1H3,(H,18,19). The first-order valence-electron chi connectivity index (χ1n) is 6.10. The second-order valence-electron chi connectivity index (χ2n) is 4.69. The Hall–Kier alpha value is -1.08. The van der Waals surface area contributed by atoms with Gasteiger partial charge in [0.05, 0.1) is 17.4 Å². The van der Waals surface area contributed by atoms with Gasteiger partial charge in [0.1, 0.15) is 6.10 Å². The van der Waals surface area contributed by atoms with E-state index in [-0.39, 0.29) is 11.8 Å². The summed E-state index contributed by atoms with van der Waals surface area (Å²) in [5.41, 5.74) is -0.718. The van der Waals surface area contributed by atoms with Crippen LogP contribution in [0.25, 0.3) is 0 Å². The van der Waals surface area contributed by atoms with Gasteiger partial charge in [-0.3, -0.25) is 4.79 Å². The molecule has 1 heterocycles. The van der Waals surface area contributed by atoms with E-state index in [0.717, 1.165) is 18.6 Å². The number of alkyl halides is 3. The fraction of sp³-hybridized carbons (Fsp3) is 0.462. The molecular weight excluding hydrogens is 339 g/mol. The molecule has 1 aromatic rings. The number of ether oxygens (including phenoxy) is 1. The predicted octanol–water partition coefficient (Wildman–Crippen LogP) is 3.97. The van der Waals surface area contributed by atoms with Gasteiger partial charge in [-0.1, -0.05) is 0 Å². The van der Waals surface area contributed by atoms with Gasteiger partial charge in [0.15, 0.2) is 0 Å². The molecule has 1 N–H and O–H groups in total. The summed E-state index contributed by atoms with van der Waals surface area (Å²) in [5.74, 6) is -0.422. The minimum Gasteiger partial charge on any atom is -0.365 e. The maximum absolute atomic E-state index is 12.6. The second kappa shape index (κ2) is 5.73. The van der Waals surface area contributed by atoms with Gasteiger partial charge >= 0.3 is 6.18 Å². The topological polar surface area (TPSA) is 38.3 Å². The molecule has 1 aliphatic heterocycles. The number of rotatable bonds is 2. The molecule has 0 spiro atoms. The average Bonchev–Trinajstić information content (AvgIpc) is 2.77. The van der Waals surface area contributed by atoms with Gasteiger partial charge in [0.2, 0.25) is 0 Å². The zero-order valence-corrected chi connectivity index (χ0v) is 12.2. The third-order valence-corrected chi connectivity index (χ3v) is 3.77. The van der Waals surface area contributed by atoms with Crippen molar-refractivity contribution in [2.75, 3.05) is 5.32 Å². The van der Waals surface area contributed by atoms with Crippen LogP contribution in [-0.2, 0) is 15.7 Å². The molecule has 7 heteroatoms. The molecule has 0 radical (unpaired) electrons. The van der Waals surface area contributed by atoms with Gasteiger partial charge in [-0.25, -0.2) is 0 Å². The Kier molecular flexibility index (Phi) is 4.39. The number of carbonyl (C=O) groups is 1. The monoisotopic (exact) mass is 351 g/mol. The van der Waals surface area contributed by atoms with Crippen molar-refractivity contribution in [1.29, 1.82) is 0 Å². The molecule has 0 bridgehead atoms. The van der Waals surface area contributed by atoms with E-state index in [1.807, 2.05) is 6.92 Å². The van der Waals surface area contributed by atoms with Crippen molar-refractivity contribution >= 4 is 27.5 Å². The van der Waals surface area contributed by atoms with Gasteiger partial charge in [-0.15, -0.1) is 0 Å². The lowest BCUT2D eigenvalue weighted by Gasteiger charge is -2.14. The Morgan fingerprint density at radius 3 is 2.65 bits per heavy atom. The van der Waals surface area contributed by atoms with Gasteiger partial charge in [0.25, 0.3) is 5.91 Å². The minimum atomic E-state index is -4.45. The number of nitrogens with one attached hydrogen (secondary N) is 1. The lowest BCUT2D eigenvalue weighted by molar-refractivity contribution is -0.137. The average molecular weight is 352 g/mol. The van der Waals surface area contributed by atoms with E-state index in [9.17, 15) is 18.0 Å². The molecule has 1 aliphatic rings. The molecule has 2 rings (SSSR count). The Morgan fingerprint density at radius 2 is 2.10 bits per heavy atom. The van der Waals surface area contributed by atoms with Crippen LogP contribution in [0.3, 0.4) is 0 Å². The Labute approximate surface area is 122 Å². The van der Waals surface area contributed by atoms with E-state index in [4.69, 9.17) is 4.74 Å². The minimum absolute atomic E-state index is 0.00398. The van der Waals surface area contributed by atoms with Gasteiger partial charge in [-0.2, -0.15) is 13.2 Å². The summed E-state index contributed by atoms with van der Waals surface area (Å²) in [6, 6.07) is 3.12.